The zero-order chi connectivity index (χ0) is 25.0. The number of fused-ring (bicyclic) bond motifs is 1. The number of aryl methyl sites for hydroxylation is 1. The first-order valence-electron chi connectivity index (χ1n) is 11.5. The van der Waals surface area contributed by atoms with Crippen molar-refractivity contribution in [2.45, 2.75) is 37.9 Å². The first kappa shape index (κ1) is 24.0. The van der Waals surface area contributed by atoms with Gasteiger partial charge in [0.25, 0.3) is 0 Å². The number of benzene rings is 2. The lowest BCUT2D eigenvalue weighted by Crippen LogP contribution is -2.23. The van der Waals surface area contributed by atoms with Crippen LogP contribution < -0.4 is 10.0 Å². The molecule has 0 aliphatic rings. The van der Waals surface area contributed by atoms with Crippen LogP contribution in [-0.2, 0) is 29.7 Å². The molecule has 0 atom stereocenters. The molecule has 3 aromatic heterocycles. The van der Waals surface area contributed by atoms with Crippen molar-refractivity contribution in [3.05, 3.63) is 84.6 Å². The van der Waals surface area contributed by atoms with E-state index in [1.165, 1.54) is 11.3 Å². The lowest BCUT2D eigenvalue weighted by Gasteiger charge is -2.08. The Hall–Kier alpha value is -3.67. The summed E-state index contributed by atoms with van der Waals surface area (Å²) in [4.78, 5) is 13.4. The van der Waals surface area contributed by atoms with Gasteiger partial charge in [0.2, 0.25) is 10.0 Å². The summed E-state index contributed by atoms with van der Waals surface area (Å²) >= 11 is 1.47. The molecule has 0 bridgehead atoms. The molecule has 36 heavy (non-hydrogen) atoms. The smallest absolute Gasteiger partial charge is 0.240 e. The Kier molecular flexibility index (Phi) is 7.03. The maximum Gasteiger partial charge on any atom is 0.240 e. The van der Waals surface area contributed by atoms with Gasteiger partial charge in [-0.1, -0.05) is 42.5 Å². The molecule has 2 aromatic carbocycles. The summed E-state index contributed by atoms with van der Waals surface area (Å²) in [5.74, 6) is 0.829. The molecule has 2 N–H and O–H groups in total. The summed E-state index contributed by atoms with van der Waals surface area (Å²) in [6.07, 6.45) is 4.25. The number of hydrogen-bond donors (Lipinski definition) is 2. The molecule has 0 amide bonds. The molecule has 11 heteroatoms. The van der Waals surface area contributed by atoms with E-state index in [9.17, 15) is 8.42 Å². The molecular formula is C25H25N7O2S2. The highest BCUT2D eigenvalue weighted by Gasteiger charge is 2.16. The Morgan fingerprint density at radius 2 is 1.92 bits per heavy atom. The van der Waals surface area contributed by atoms with Gasteiger partial charge in [0, 0.05) is 24.8 Å². The van der Waals surface area contributed by atoms with Crippen LogP contribution in [0.5, 0.6) is 0 Å². The van der Waals surface area contributed by atoms with Crippen molar-refractivity contribution in [2.24, 2.45) is 0 Å². The molecule has 5 aromatic rings. The van der Waals surface area contributed by atoms with Crippen molar-refractivity contribution in [1.29, 1.82) is 0 Å². The van der Waals surface area contributed by atoms with Gasteiger partial charge in [0.1, 0.15) is 12.2 Å². The lowest BCUT2D eigenvalue weighted by atomic mass is 10.1. The quantitative estimate of drug-likeness (QED) is 0.280. The number of aromatic nitrogens is 5. The van der Waals surface area contributed by atoms with E-state index in [0.717, 1.165) is 40.3 Å². The van der Waals surface area contributed by atoms with Crippen LogP contribution in [0.1, 0.15) is 24.7 Å². The number of nitrogens with zero attached hydrogens (tertiary/aromatic N) is 5. The number of rotatable bonds is 10. The Labute approximate surface area is 213 Å². The zero-order valence-corrected chi connectivity index (χ0v) is 21.3. The van der Waals surface area contributed by atoms with Gasteiger partial charge in [-0.3, -0.25) is 4.98 Å². The predicted molar refractivity (Wildman–Crippen MR) is 141 cm³/mol. The molecule has 0 aliphatic heterocycles. The van der Waals surface area contributed by atoms with Crippen LogP contribution in [0.15, 0.2) is 78.1 Å². The number of thiazole rings is 1. The number of nitrogens with one attached hydrogen (secondary N) is 2. The summed E-state index contributed by atoms with van der Waals surface area (Å²) in [7, 11) is -3.72. The van der Waals surface area contributed by atoms with Gasteiger partial charge in [-0.15, -0.1) is 0 Å². The molecule has 184 valence electrons. The Morgan fingerprint density at radius 1 is 1.00 bits per heavy atom. The minimum atomic E-state index is -3.72. The minimum absolute atomic E-state index is 0.170. The van der Waals surface area contributed by atoms with Gasteiger partial charge in [-0.05, 0) is 48.4 Å². The van der Waals surface area contributed by atoms with E-state index in [0.29, 0.717) is 17.2 Å². The maximum absolute atomic E-state index is 13.0. The molecule has 5 rings (SSSR count). The summed E-state index contributed by atoms with van der Waals surface area (Å²) in [5.41, 5.74) is 3.24. The highest BCUT2D eigenvalue weighted by atomic mass is 32.2. The average Bonchev–Trinajstić information content (AvgIpc) is 3.53. The van der Waals surface area contributed by atoms with E-state index in [1.54, 1.807) is 30.7 Å². The second-order valence-corrected chi connectivity index (χ2v) is 10.9. The first-order chi connectivity index (χ1) is 17.5. The molecule has 0 spiro atoms. The van der Waals surface area contributed by atoms with Crippen molar-refractivity contribution in [3.8, 4) is 11.3 Å². The van der Waals surface area contributed by atoms with Crippen LogP contribution in [0.4, 0.5) is 5.13 Å². The standard InChI is InChI=1S/C25H25N7O2S2/c1-2-12-32-24(28-17-29-32)16-27-25-31-22-14-20(9-10-23(22)35-25)36(33,34)30-15-18-6-5-7-19(13-18)21-8-3-4-11-26-21/h3-11,13-14,17,30H,2,12,15-16H2,1H3,(H,27,31). The van der Waals surface area contributed by atoms with E-state index in [1.807, 2.05) is 47.1 Å². The molecule has 0 radical (unpaired) electrons. The van der Waals surface area contributed by atoms with Crippen LogP contribution in [0.3, 0.4) is 0 Å². The Morgan fingerprint density at radius 3 is 2.75 bits per heavy atom. The first-order valence-corrected chi connectivity index (χ1v) is 13.8. The van der Waals surface area contributed by atoms with Gasteiger partial charge in [0.05, 0.1) is 27.4 Å². The third kappa shape index (κ3) is 5.43. The predicted octanol–water partition coefficient (Wildman–Crippen LogP) is 4.45. The summed E-state index contributed by atoms with van der Waals surface area (Å²) < 4.78 is 31.5. The summed E-state index contributed by atoms with van der Waals surface area (Å²) in [6, 6.07) is 18.4. The SMILES string of the molecule is CCCn1ncnc1CNc1nc2cc(S(=O)(=O)NCc3cccc(-c4ccccn4)c3)ccc2s1. The monoisotopic (exact) mass is 519 g/mol. The van der Waals surface area contributed by atoms with Crippen LogP contribution in [-0.4, -0.2) is 33.2 Å². The van der Waals surface area contributed by atoms with Crippen molar-refractivity contribution >= 4 is 36.7 Å². The summed E-state index contributed by atoms with van der Waals surface area (Å²) in [5, 5.41) is 8.20. The van der Waals surface area contributed by atoms with Crippen molar-refractivity contribution < 1.29 is 8.42 Å². The average molecular weight is 520 g/mol. The Bertz CT molecular complexity index is 1580. The van der Waals surface area contributed by atoms with E-state index < -0.39 is 10.0 Å². The number of hydrogen-bond acceptors (Lipinski definition) is 8. The van der Waals surface area contributed by atoms with Gasteiger partial charge >= 0.3 is 0 Å². The van der Waals surface area contributed by atoms with E-state index in [2.05, 4.69) is 37.0 Å². The van der Waals surface area contributed by atoms with Crippen LogP contribution in [0, 0.1) is 0 Å². The van der Waals surface area contributed by atoms with Crippen LogP contribution >= 0.6 is 11.3 Å². The largest absolute Gasteiger partial charge is 0.354 e. The molecule has 9 nitrogen and oxygen atoms in total. The third-order valence-electron chi connectivity index (χ3n) is 5.55. The van der Waals surface area contributed by atoms with Crippen LogP contribution in [0.2, 0.25) is 0 Å². The third-order valence-corrected chi connectivity index (χ3v) is 7.95. The second-order valence-electron chi connectivity index (χ2n) is 8.14. The van der Waals surface area contributed by atoms with Gasteiger partial charge in [-0.2, -0.15) is 5.10 Å². The maximum atomic E-state index is 13.0. The van der Waals surface area contributed by atoms with E-state index in [4.69, 9.17) is 0 Å². The van der Waals surface area contributed by atoms with Crippen molar-refractivity contribution in [1.82, 2.24) is 29.5 Å². The number of sulfonamides is 1. The van der Waals surface area contributed by atoms with Gasteiger partial charge in [-0.25, -0.2) is 27.8 Å². The van der Waals surface area contributed by atoms with Gasteiger partial charge in [0.15, 0.2) is 5.13 Å². The van der Waals surface area contributed by atoms with E-state index in [-0.39, 0.29) is 11.4 Å². The fourth-order valence-corrected chi connectivity index (χ4v) is 5.64. The van der Waals surface area contributed by atoms with E-state index >= 15 is 0 Å². The highest BCUT2D eigenvalue weighted by molar-refractivity contribution is 7.89. The van der Waals surface area contributed by atoms with Crippen molar-refractivity contribution in [3.63, 3.8) is 0 Å². The molecule has 3 heterocycles. The number of anilines is 1. The number of pyridine rings is 1. The fourth-order valence-electron chi connectivity index (χ4n) is 3.76. The normalized spacial score (nSPS) is 11.7. The van der Waals surface area contributed by atoms with Crippen LogP contribution in [0.25, 0.3) is 21.5 Å². The fraction of sp³-hybridized carbons (Fsp3) is 0.200. The highest BCUT2D eigenvalue weighted by Crippen LogP contribution is 2.28. The minimum Gasteiger partial charge on any atom is -0.354 e. The topological polar surface area (TPSA) is 115 Å². The van der Waals surface area contributed by atoms with Gasteiger partial charge < -0.3 is 5.32 Å². The zero-order valence-electron chi connectivity index (χ0n) is 19.6. The molecule has 0 unspecified atom stereocenters. The van der Waals surface area contributed by atoms with Crippen molar-refractivity contribution in [2.75, 3.05) is 5.32 Å². The Balaban J connectivity index is 1.27. The molecular weight excluding hydrogens is 494 g/mol. The summed E-state index contributed by atoms with van der Waals surface area (Å²) in [6.45, 7) is 3.55. The molecule has 0 fully saturated rings. The molecule has 0 saturated heterocycles. The second kappa shape index (κ2) is 10.5. The molecule has 0 saturated carbocycles. The lowest BCUT2D eigenvalue weighted by molar-refractivity contribution is 0.574. The molecule has 0 aliphatic carbocycles.